The molecule has 0 aliphatic rings. The van der Waals surface area contributed by atoms with E-state index >= 15 is 0 Å². The van der Waals surface area contributed by atoms with Gasteiger partial charge in [0.25, 0.3) is 0 Å². The van der Waals surface area contributed by atoms with Crippen LogP contribution in [-0.2, 0) is 0 Å². The average Bonchev–Trinajstić information content (AvgIpc) is 2.42. The number of carbonyl (C=O) groups excluding carboxylic acids is 1. The fourth-order valence-electron chi connectivity index (χ4n) is 1.42. The first-order valence-corrected chi connectivity index (χ1v) is 7.18. The number of halogens is 1. The van der Waals surface area contributed by atoms with Gasteiger partial charge in [0.15, 0.2) is 0 Å². The third-order valence-electron chi connectivity index (χ3n) is 2.31. The summed E-state index contributed by atoms with van der Waals surface area (Å²) in [5.74, 6) is -0.185. The Hall–Kier alpha value is -1.42. The van der Waals surface area contributed by atoms with Crippen molar-refractivity contribution in [3.8, 4) is 0 Å². The van der Waals surface area contributed by atoms with Crippen molar-refractivity contribution in [3.05, 3.63) is 64.6 Å². The molecular weight excluding hydrogens is 371 g/mol. The number of amidine groups is 1. The first-order chi connectivity index (χ1) is 9.15. The summed E-state index contributed by atoms with van der Waals surface area (Å²) in [4.78, 5) is 16.2. The van der Waals surface area contributed by atoms with E-state index in [1.165, 1.54) is 0 Å². The molecule has 5 heteroatoms. The molecule has 0 aromatic heterocycles. The summed E-state index contributed by atoms with van der Waals surface area (Å²) in [5, 5.41) is 2.70. The average molecular weight is 381 g/mol. The van der Waals surface area contributed by atoms with Crippen molar-refractivity contribution < 1.29 is 4.79 Å². The number of benzene rings is 2. The Labute approximate surface area is 128 Å². The molecule has 0 fully saturated rings. The monoisotopic (exact) mass is 381 g/mol. The summed E-state index contributed by atoms with van der Waals surface area (Å²) in [5.41, 5.74) is 1.37. The first kappa shape index (κ1) is 14.0. The van der Waals surface area contributed by atoms with E-state index in [2.05, 4.69) is 42.3 Å². The van der Waals surface area contributed by atoms with Crippen molar-refractivity contribution >= 4 is 48.3 Å². The van der Waals surface area contributed by atoms with Gasteiger partial charge in [-0.15, -0.1) is 0 Å². The van der Waals surface area contributed by atoms with E-state index in [9.17, 15) is 4.79 Å². The van der Waals surface area contributed by atoms with E-state index in [1.807, 2.05) is 42.5 Å². The Morgan fingerprint density at radius 2 is 1.68 bits per heavy atom. The molecule has 0 aliphatic carbocycles. The summed E-state index contributed by atoms with van der Waals surface area (Å²) in [6, 6.07) is 16.5. The Balaban J connectivity index is 2.07. The molecule has 0 atom stereocenters. The van der Waals surface area contributed by atoms with Crippen molar-refractivity contribution in [1.82, 2.24) is 5.32 Å². The maximum absolute atomic E-state index is 11.9. The Morgan fingerprint density at radius 3 is 2.32 bits per heavy atom. The number of nitrogens with zero attached hydrogens (tertiary/aromatic N) is 1. The van der Waals surface area contributed by atoms with E-state index in [1.54, 1.807) is 12.1 Å². The molecule has 0 unspecified atom stereocenters. The molecule has 1 amide bonds. The fourth-order valence-corrected chi connectivity index (χ4v) is 2.10. The Kier molecular flexibility index (Phi) is 4.91. The topological polar surface area (TPSA) is 41.5 Å². The molecule has 2 rings (SSSR count). The molecule has 0 saturated heterocycles. The van der Waals surface area contributed by atoms with E-state index in [4.69, 9.17) is 0 Å². The van der Waals surface area contributed by atoms with Gasteiger partial charge in [0.2, 0.25) is 0 Å². The van der Waals surface area contributed by atoms with Crippen molar-refractivity contribution in [2.24, 2.45) is 4.99 Å². The molecule has 2 aromatic rings. The predicted octanol–water partition coefficient (Wildman–Crippen LogP) is 3.04. The molecule has 1 N–H and O–H groups in total. The zero-order valence-electron chi connectivity index (χ0n) is 9.84. The second-order valence-corrected chi connectivity index (χ2v) is 5.44. The first-order valence-electron chi connectivity index (χ1n) is 5.53. The van der Waals surface area contributed by atoms with Crippen LogP contribution in [0.3, 0.4) is 0 Å². The number of nitrogens with one attached hydrogen (secondary N) is 1. The second kappa shape index (κ2) is 6.66. The fraction of sp³-hybridized carbons (Fsp3) is 0. The molecular formula is C14H10BrN2OSe. The molecule has 0 spiro atoms. The van der Waals surface area contributed by atoms with Gasteiger partial charge in [0.05, 0.1) is 0 Å². The van der Waals surface area contributed by atoms with Gasteiger partial charge in [-0.1, -0.05) is 0 Å². The molecule has 1 radical (unpaired) electrons. The summed E-state index contributed by atoms with van der Waals surface area (Å²) in [7, 11) is 0. The van der Waals surface area contributed by atoms with Crippen molar-refractivity contribution in [3.63, 3.8) is 0 Å². The van der Waals surface area contributed by atoms with E-state index in [0.29, 0.717) is 10.3 Å². The molecule has 0 heterocycles. The van der Waals surface area contributed by atoms with Crippen LogP contribution in [0.5, 0.6) is 0 Å². The van der Waals surface area contributed by atoms with Gasteiger partial charge < -0.3 is 0 Å². The number of amides is 1. The zero-order chi connectivity index (χ0) is 13.7. The molecule has 95 valence electrons. The van der Waals surface area contributed by atoms with Gasteiger partial charge in [0, 0.05) is 0 Å². The van der Waals surface area contributed by atoms with Crippen LogP contribution in [-0.4, -0.2) is 26.7 Å². The van der Waals surface area contributed by atoms with E-state index < -0.39 is 0 Å². The van der Waals surface area contributed by atoms with Gasteiger partial charge in [-0.2, -0.15) is 0 Å². The molecule has 19 heavy (non-hydrogen) atoms. The minimum atomic E-state index is -0.185. The second-order valence-electron chi connectivity index (χ2n) is 3.71. The molecule has 0 bridgehead atoms. The summed E-state index contributed by atoms with van der Waals surface area (Å²) in [6.45, 7) is 0. The van der Waals surface area contributed by atoms with Crippen LogP contribution in [0.1, 0.15) is 10.4 Å². The molecule has 0 aliphatic heterocycles. The quantitative estimate of drug-likeness (QED) is 0.485. The standard InChI is InChI=1S/C14H10BrN2OSe/c15-11-6-8-12(9-7-11)16-14(19)17-13(18)10-4-2-1-3-5-10/h1-9H,(H,16,17,18). The van der Waals surface area contributed by atoms with Gasteiger partial charge in [-0.3, -0.25) is 0 Å². The van der Waals surface area contributed by atoms with Crippen molar-refractivity contribution in [2.45, 2.75) is 0 Å². The number of hydrogen-bond donors (Lipinski definition) is 1. The van der Waals surface area contributed by atoms with Crippen LogP contribution >= 0.6 is 15.9 Å². The predicted molar refractivity (Wildman–Crippen MR) is 80.9 cm³/mol. The van der Waals surface area contributed by atoms with Gasteiger partial charge in [0.1, 0.15) is 0 Å². The van der Waals surface area contributed by atoms with Crippen molar-refractivity contribution in [1.29, 1.82) is 0 Å². The van der Waals surface area contributed by atoms with Crippen LogP contribution in [0.25, 0.3) is 0 Å². The summed E-state index contributed by atoms with van der Waals surface area (Å²) >= 11 is 6.10. The van der Waals surface area contributed by atoms with Crippen LogP contribution in [0.15, 0.2) is 64.1 Å². The van der Waals surface area contributed by atoms with E-state index in [0.717, 1.165) is 10.2 Å². The van der Waals surface area contributed by atoms with Gasteiger partial charge >= 0.3 is 128 Å². The van der Waals surface area contributed by atoms with Crippen LogP contribution in [0.2, 0.25) is 0 Å². The van der Waals surface area contributed by atoms with Gasteiger partial charge in [-0.25, -0.2) is 0 Å². The Morgan fingerprint density at radius 1 is 1.05 bits per heavy atom. The summed E-state index contributed by atoms with van der Waals surface area (Å²) in [6.07, 6.45) is 0. The normalized spacial score (nSPS) is 11.1. The van der Waals surface area contributed by atoms with Gasteiger partial charge in [-0.05, 0) is 0 Å². The van der Waals surface area contributed by atoms with E-state index in [-0.39, 0.29) is 5.91 Å². The third kappa shape index (κ3) is 4.31. The van der Waals surface area contributed by atoms with Crippen LogP contribution < -0.4 is 5.32 Å². The molecule has 2 aromatic carbocycles. The van der Waals surface area contributed by atoms with Crippen LogP contribution in [0.4, 0.5) is 5.69 Å². The zero-order valence-corrected chi connectivity index (χ0v) is 13.1. The number of hydrogen-bond acceptors (Lipinski definition) is 2. The van der Waals surface area contributed by atoms with Crippen molar-refractivity contribution in [2.75, 3.05) is 0 Å². The van der Waals surface area contributed by atoms with Crippen LogP contribution in [0, 0.1) is 0 Å². The summed E-state index contributed by atoms with van der Waals surface area (Å²) < 4.78 is 1.43. The number of carbonyl (C=O) groups is 1. The number of aliphatic imine (C=N–C) groups is 1. The molecule has 0 saturated carbocycles. The Bertz CT molecular complexity index is 597. The SMILES string of the molecule is O=C(NC([Se])=Nc1ccc(Br)cc1)c1ccccc1. The third-order valence-corrected chi connectivity index (χ3v) is 3.25. The molecule has 3 nitrogen and oxygen atoms in total. The maximum atomic E-state index is 11.9. The minimum absolute atomic E-state index is 0.185. The number of rotatable bonds is 2.